The van der Waals surface area contributed by atoms with E-state index in [1.165, 1.54) is 83.7 Å². The summed E-state index contributed by atoms with van der Waals surface area (Å²) in [4.78, 5) is 2.52. The molecule has 0 saturated carbocycles. The van der Waals surface area contributed by atoms with E-state index in [1.54, 1.807) is 0 Å². The molecule has 4 atom stereocenters. The Balaban J connectivity index is 1.01. The molecule has 0 saturated heterocycles. The Kier molecular flexibility index (Phi) is 8.97. The minimum atomic E-state index is -0.562. The van der Waals surface area contributed by atoms with Crippen LogP contribution in [0.25, 0.3) is 27.8 Å². The highest BCUT2D eigenvalue weighted by atomic mass is 15.2. The molecule has 0 bridgehead atoms. The van der Waals surface area contributed by atoms with Crippen LogP contribution >= 0.6 is 0 Å². The van der Waals surface area contributed by atoms with Gasteiger partial charge in [-0.3, -0.25) is 0 Å². The topological polar surface area (TPSA) is 3.24 Å². The molecule has 4 unspecified atom stereocenters. The number of fused-ring (bicyclic) bond motifs is 5. The Bertz CT molecular complexity index is 3120. The molecule has 0 aromatic heterocycles. The average molecular weight is 806 g/mol. The van der Waals surface area contributed by atoms with Crippen molar-refractivity contribution in [2.45, 2.75) is 29.7 Å². The van der Waals surface area contributed by atoms with Crippen molar-refractivity contribution in [2.75, 3.05) is 4.90 Å². The Labute approximate surface area is 371 Å². The summed E-state index contributed by atoms with van der Waals surface area (Å²) in [5.74, 6) is 0.271. The Hall–Kier alpha value is -7.48. The predicted molar refractivity (Wildman–Crippen MR) is 262 cm³/mol. The highest BCUT2D eigenvalue weighted by Crippen LogP contribution is 2.66. The van der Waals surface area contributed by atoms with Gasteiger partial charge in [-0.05, 0) is 115 Å². The van der Waals surface area contributed by atoms with Crippen molar-refractivity contribution in [1.82, 2.24) is 0 Å². The van der Waals surface area contributed by atoms with E-state index in [0.29, 0.717) is 0 Å². The Morgan fingerprint density at radius 2 is 1.00 bits per heavy atom. The van der Waals surface area contributed by atoms with Crippen LogP contribution in [-0.4, -0.2) is 6.04 Å². The molecule has 0 heterocycles. The van der Waals surface area contributed by atoms with E-state index in [2.05, 4.69) is 254 Å². The zero-order valence-electron chi connectivity index (χ0n) is 35.2. The van der Waals surface area contributed by atoms with Crippen molar-refractivity contribution in [3.05, 3.63) is 293 Å². The fourth-order valence-electron chi connectivity index (χ4n) is 11.9. The second kappa shape index (κ2) is 15.2. The molecular weight excluding hydrogens is 759 g/mol. The van der Waals surface area contributed by atoms with Gasteiger partial charge in [-0.15, -0.1) is 0 Å². The maximum Gasteiger partial charge on any atom is 0.0708 e. The Morgan fingerprint density at radius 3 is 1.71 bits per heavy atom. The maximum absolute atomic E-state index is 2.52. The highest BCUT2D eigenvalue weighted by Gasteiger charge is 2.59. The number of hydrogen-bond donors (Lipinski definition) is 0. The average Bonchev–Trinajstić information content (AvgIpc) is 3.68. The molecule has 63 heavy (non-hydrogen) atoms. The number of hydrogen-bond acceptors (Lipinski definition) is 1. The standard InChI is InChI=1S/C62H47N/c1-5-20-44(21-6-1)52-28-13-14-29-53(52)45-36-40-50(41-37-45)63(49-26-11-4-12-27-49)51-42-38-48(39-43-51)61(46-22-7-2-8-23-46)57-33-17-18-34-58(57)62(47-24-9-3-10-25-47)56-32-16-15-30-54(56)55-31-19-35-59(61)60(55)62/h1-24,26-40,42-43,47,50H,25,41H2. The summed E-state index contributed by atoms with van der Waals surface area (Å²) in [6.07, 6.45) is 18.4. The molecule has 1 nitrogen and oxygen atoms in total. The molecule has 0 fully saturated rings. The first-order chi connectivity index (χ1) is 31.3. The summed E-state index contributed by atoms with van der Waals surface area (Å²) in [7, 11) is 0. The van der Waals surface area contributed by atoms with Crippen LogP contribution in [0.2, 0.25) is 0 Å². The minimum Gasteiger partial charge on any atom is -0.334 e. The summed E-state index contributed by atoms with van der Waals surface area (Å²) in [5, 5.41) is 0. The second-order valence-electron chi connectivity index (χ2n) is 17.4. The van der Waals surface area contributed by atoms with Gasteiger partial charge in [0.05, 0.1) is 16.9 Å². The third kappa shape index (κ3) is 5.62. The van der Waals surface area contributed by atoms with E-state index < -0.39 is 5.41 Å². The number of para-hydroxylation sites is 1. The number of allylic oxidation sites excluding steroid dienone is 6. The van der Waals surface area contributed by atoms with Gasteiger partial charge in [-0.1, -0.05) is 225 Å². The van der Waals surface area contributed by atoms with Gasteiger partial charge in [0.25, 0.3) is 0 Å². The van der Waals surface area contributed by atoms with Crippen molar-refractivity contribution in [3.8, 4) is 22.3 Å². The molecule has 8 aromatic carbocycles. The van der Waals surface area contributed by atoms with E-state index in [0.717, 1.165) is 12.8 Å². The van der Waals surface area contributed by atoms with Crippen LogP contribution in [0.1, 0.15) is 57.3 Å². The van der Waals surface area contributed by atoms with Crippen LogP contribution < -0.4 is 4.90 Å². The van der Waals surface area contributed by atoms with E-state index in [4.69, 9.17) is 0 Å². The lowest BCUT2D eigenvalue weighted by Gasteiger charge is -2.51. The molecule has 4 aliphatic carbocycles. The molecule has 0 aliphatic heterocycles. The lowest BCUT2D eigenvalue weighted by Crippen LogP contribution is -2.47. The molecule has 1 heteroatoms. The van der Waals surface area contributed by atoms with Crippen molar-refractivity contribution in [1.29, 1.82) is 0 Å². The fourth-order valence-corrected chi connectivity index (χ4v) is 11.9. The van der Waals surface area contributed by atoms with Gasteiger partial charge < -0.3 is 4.90 Å². The van der Waals surface area contributed by atoms with Gasteiger partial charge in [-0.2, -0.15) is 0 Å². The van der Waals surface area contributed by atoms with E-state index in [9.17, 15) is 0 Å². The molecule has 0 radical (unpaired) electrons. The van der Waals surface area contributed by atoms with Crippen LogP contribution in [0.3, 0.4) is 0 Å². The molecule has 0 spiro atoms. The molecule has 4 aliphatic rings. The summed E-state index contributed by atoms with van der Waals surface area (Å²) >= 11 is 0. The van der Waals surface area contributed by atoms with Gasteiger partial charge in [0.1, 0.15) is 0 Å². The van der Waals surface area contributed by atoms with Crippen molar-refractivity contribution in [2.24, 2.45) is 5.92 Å². The van der Waals surface area contributed by atoms with Crippen LogP contribution in [0.5, 0.6) is 0 Å². The summed E-state index contributed by atoms with van der Waals surface area (Å²) in [6.45, 7) is 0. The summed E-state index contributed by atoms with van der Waals surface area (Å²) in [5.41, 5.74) is 18.8. The smallest absolute Gasteiger partial charge is 0.0708 e. The molecule has 12 rings (SSSR count). The Morgan fingerprint density at radius 1 is 0.413 bits per heavy atom. The van der Waals surface area contributed by atoms with Crippen molar-refractivity contribution < 1.29 is 0 Å². The van der Waals surface area contributed by atoms with Crippen LogP contribution in [-0.2, 0) is 10.8 Å². The predicted octanol–water partition coefficient (Wildman–Crippen LogP) is 15.0. The van der Waals surface area contributed by atoms with Crippen LogP contribution in [0, 0.1) is 5.92 Å². The first-order valence-electron chi connectivity index (χ1n) is 22.5. The summed E-state index contributed by atoms with van der Waals surface area (Å²) < 4.78 is 0. The lowest BCUT2D eigenvalue weighted by molar-refractivity contribution is 0.431. The zero-order valence-corrected chi connectivity index (χ0v) is 35.2. The van der Waals surface area contributed by atoms with Gasteiger partial charge in [0, 0.05) is 11.4 Å². The first-order valence-corrected chi connectivity index (χ1v) is 22.5. The third-order valence-electron chi connectivity index (χ3n) is 14.3. The van der Waals surface area contributed by atoms with E-state index in [-0.39, 0.29) is 17.4 Å². The lowest BCUT2D eigenvalue weighted by atomic mass is 9.50. The van der Waals surface area contributed by atoms with Gasteiger partial charge in [-0.25, -0.2) is 0 Å². The van der Waals surface area contributed by atoms with Crippen molar-refractivity contribution >= 4 is 16.9 Å². The fraction of sp³-hybridized carbons (Fsp3) is 0.0968. The normalized spacial score (nSPS) is 21.2. The van der Waals surface area contributed by atoms with Gasteiger partial charge in [0.15, 0.2) is 0 Å². The number of nitrogens with zero attached hydrogens (tertiary/aromatic N) is 1. The zero-order chi connectivity index (χ0) is 41.8. The minimum absolute atomic E-state index is 0.137. The largest absolute Gasteiger partial charge is 0.334 e. The van der Waals surface area contributed by atoms with E-state index in [1.807, 2.05) is 0 Å². The number of rotatable bonds is 8. The molecule has 300 valence electrons. The third-order valence-corrected chi connectivity index (χ3v) is 14.3. The highest BCUT2D eigenvalue weighted by molar-refractivity contribution is 5.90. The quantitative estimate of drug-likeness (QED) is 0.148. The van der Waals surface area contributed by atoms with Gasteiger partial charge >= 0.3 is 0 Å². The number of benzene rings is 8. The molecule has 0 amide bonds. The molecular formula is C62H47N. The van der Waals surface area contributed by atoms with Crippen molar-refractivity contribution in [3.63, 3.8) is 0 Å². The monoisotopic (exact) mass is 805 g/mol. The first kappa shape index (κ1) is 37.3. The second-order valence-corrected chi connectivity index (χ2v) is 17.4. The number of anilines is 2. The van der Waals surface area contributed by atoms with Crippen LogP contribution in [0.15, 0.2) is 249 Å². The van der Waals surface area contributed by atoms with Gasteiger partial charge in [0.2, 0.25) is 0 Å². The van der Waals surface area contributed by atoms with Crippen LogP contribution in [0.4, 0.5) is 11.4 Å². The maximum atomic E-state index is 2.52. The summed E-state index contributed by atoms with van der Waals surface area (Å²) in [6, 6.07) is 77.2. The SMILES string of the molecule is C1=CCC(C23c4ccccc4-c4cccc(c42)C(c2ccccc2)(c2ccc(N(c4ccccc4)C4C=CC(c5ccccc5-c5ccccc5)=CC4)cc2)c2ccccc23)C=C1. The molecule has 8 aromatic rings. The van der Waals surface area contributed by atoms with E-state index >= 15 is 0 Å². The molecule has 0 N–H and O–H groups in total.